The fourth-order valence-electron chi connectivity index (χ4n) is 2.67. The van der Waals surface area contributed by atoms with Gasteiger partial charge in [0.1, 0.15) is 0 Å². The molecule has 0 amide bonds. The lowest BCUT2D eigenvalue weighted by molar-refractivity contribution is -0.0662. The van der Waals surface area contributed by atoms with E-state index in [0.29, 0.717) is 18.0 Å². The maximum absolute atomic E-state index is 12.3. The van der Waals surface area contributed by atoms with E-state index >= 15 is 0 Å². The summed E-state index contributed by atoms with van der Waals surface area (Å²) in [5.41, 5.74) is 6.46. The minimum atomic E-state index is -3.24. The van der Waals surface area contributed by atoms with E-state index in [2.05, 4.69) is 4.90 Å². The van der Waals surface area contributed by atoms with E-state index in [9.17, 15) is 8.42 Å². The summed E-state index contributed by atoms with van der Waals surface area (Å²) in [6.45, 7) is 6.56. The minimum Gasteiger partial charge on any atom is -0.373 e. The molecule has 5 nitrogen and oxygen atoms in total. The van der Waals surface area contributed by atoms with Crippen LogP contribution >= 0.6 is 0 Å². The van der Waals surface area contributed by atoms with Crippen LogP contribution in [0.4, 0.5) is 0 Å². The van der Waals surface area contributed by atoms with E-state index in [1.165, 1.54) is 0 Å². The average Bonchev–Trinajstić information content (AvgIpc) is 2.44. The molecule has 1 aromatic carbocycles. The maximum atomic E-state index is 12.3. The van der Waals surface area contributed by atoms with Crippen LogP contribution < -0.4 is 5.73 Å². The lowest BCUT2D eigenvalue weighted by atomic mass is 10.2. The van der Waals surface area contributed by atoms with E-state index in [1.807, 2.05) is 13.8 Å². The fraction of sp³-hybridized carbons (Fsp3) is 0.600. The largest absolute Gasteiger partial charge is 0.373 e. The molecule has 1 saturated heterocycles. The van der Waals surface area contributed by atoms with Crippen LogP contribution in [0.2, 0.25) is 0 Å². The van der Waals surface area contributed by atoms with Crippen molar-refractivity contribution in [1.29, 1.82) is 0 Å². The van der Waals surface area contributed by atoms with Gasteiger partial charge in [0.25, 0.3) is 0 Å². The summed E-state index contributed by atoms with van der Waals surface area (Å²) in [6.07, 6.45) is 0.306. The molecule has 1 aliphatic rings. The monoisotopic (exact) mass is 312 g/mol. The highest BCUT2D eigenvalue weighted by Crippen LogP contribution is 2.15. The van der Waals surface area contributed by atoms with Gasteiger partial charge in [-0.2, -0.15) is 0 Å². The molecule has 1 heterocycles. The highest BCUT2D eigenvalue weighted by molar-refractivity contribution is 7.91. The van der Waals surface area contributed by atoms with Crippen molar-refractivity contribution in [2.45, 2.75) is 37.5 Å². The van der Waals surface area contributed by atoms with Gasteiger partial charge in [-0.05, 0) is 31.5 Å². The standard InChI is InChI=1S/C15H24N2O3S/c1-12-10-17(11-13(2)20-12)7-8-21(18,19)15-5-3-14(9-16)4-6-15/h3-6,12-13H,7-11,16H2,1-2H3/t12-,13+. The zero-order chi connectivity index (χ0) is 15.5. The minimum absolute atomic E-state index is 0.133. The third-order valence-corrected chi connectivity index (χ3v) is 5.40. The molecule has 118 valence electrons. The molecule has 0 aliphatic carbocycles. The second kappa shape index (κ2) is 6.87. The molecule has 2 rings (SSSR count). The Balaban J connectivity index is 1.97. The summed E-state index contributed by atoms with van der Waals surface area (Å²) < 4.78 is 30.4. The number of sulfone groups is 1. The van der Waals surface area contributed by atoms with Crippen LogP contribution in [-0.4, -0.2) is 50.9 Å². The van der Waals surface area contributed by atoms with Crippen LogP contribution in [0, 0.1) is 0 Å². The van der Waals surface area contributed by atoms with Crippen molar-refractivity contribution in [2.75, 3.05) is 25.4 Å². The zero-order valence-electron chi connectivity index (χ0n) is 12.7. The molecule has 1 aliphatic heterocycles. The Morgan fingerprint density at radius 2 is 1.76 bits per heavy atom. The van der Waals surface area contributed by atoms with Crippen molar-refractivity contribution in [1.82, 2.24) is 4.90 Å². The molecular formula is C15H24N2O3S. The molecule has 21 heavy (non-hydrogen) atoms. The van der Waals surface area contributed by atoms with E-state index in [1.54, 1.807) is 24.3 Å². The van der Waals surface area contributed by atoms with E-state index in [4.69, 9.17) is 10.5 Å². The Morgan fingerprint density at radius 1 is 1.19 bits per heavy atom. The van der Waals surface area contributed by atoms with Gasteiger partial charge >= 0.3 is 0 Å². The lowest BCUT2D eigenvalue weighted by Crippen LogP contribution is -2.46. The van der Waals surface area contributed by atoms with Crippen LogP contribution in [0.5, 0.6) is 0 Å². The van der Waals surface area contributed by atoms with Crippen molar-refractivity contribution in [3.63, 3.8) is 0 Å². The van der Waals surface area contributed by atoms with Gasteiger partial charge in [-0.3, -0.25) is 4.90 Å². The first-order valence-electron chi connectivity index (χ1n) is 7.30. The number of benzene rings is 1. The highest BCUT2D eigenvalue weighted by Gasteiger charge is 2.24. The van der Waals surface area contributed by atoms with Gasteiger partial charge in [-0.25, -0.2) is 8.42 Å². The second-order valence-electron chi connectivity index (χ2n) is 5.68. The van der Waals surface area contributed by atoms with Gasteiger partial charge in [0, 0.05) is 26.2 Å². The van der Waals surface area contributed by atoms with Gasteiger partial charge in [0.05, 0.1) is 22.9 Å². The van der Waals surface area contributed by atoms with Gasteiger partial charge in [-0.15, -0.1) is 0 Å². The first kappa shape index (κ1) is 16.4. The number of hydrogen-bond acceptors (Lipinski definition) is 5. The SMILES string of the molecule is C[C@@H]1CN(CCS(=O)(=O)c2ccc(CN)cc2)C[C@H](C)O1. The number of hydrogen-bond donors (Lipinski definition) is 1. The van der Waals surface area contributed by atoms with Crippen molar-refractivity contribution < 1.29 is 13.2 Å². The van der Waals surface area contributed by atoms with Gasteiger partial charge in [-0.1, -0.05) is 12.1 Å². The van der Waals surface area contributed by atoms with Crippen LogP contribution in [0.3, 0.4) is 0 Å². The Hall–Kier alpha value is -0.950. The Kier molecular flexibility index (Phi) is 5.37. The van der Waals surface area contributed by atoms with Crippen molar-refractivity contribution >= 4 is 9.84 Å². The number of ether oxygens (including phenoxy) is 1. The molecule has 0 aromatic heterocycles. The summed E-state index contributed by atoms with van der Waals surface area (Å²) in [5, 5.41) is 0. The van der Waals surface area contributed by atoms with Crippen LogP contribution in [-0.2, 0) is 21.1 Å². The first-order valence-corrected chi connectivity index (χ1v) is 8.95. The Labute approximate surface area is 127 Å². The summed E-state index contributed by atoms with van der Waals surface area (Å²) in [4.78, 5) is 2.53. The third kappa shape index (κ3) is 4.51. The summed E-state index contributed by atoms with van der Waals surface area (Å²) in [6, 6.07) is 6.82. The molecule has 0 saturated carbocycles. The maximum Gasteiger partial charge on any atom is 0.179 e. The van der Waals surface area contributed by atoms with Crippen molar-refractivity contribution in [2.24, 2.45) is 5.73 Å². The smallest absolute Gasteiger partial charge is 0.179 e. The van der Waals surface area contributed by atoms with E-state index < -0.39 is 9.84 Å². The predicted molar refractivity (Wildman–Crippen MR) is 82.8 cm³/mol. The van der Waals surface area contributed by atoms with Crippen LogP contribution in [0.25, 0.3) is 0 Å². The number of morpholine rings is 1. The van der Waals surface area contributed by atoms with Crippen molar-refractivity contribution in [3.8, 4) is 0 Å². The molecule has 0 spiro atoms. The molecule has 2 N–H and O–H groups in total. The fourth-order valence-corrected chi connectivity index (χ4v) is 3.95. The topological polar surface area (TPSA) is 72.6 Å². The Morgan fingerprint density at radius 3 is 2.29 bits per heavy atom. The molecule has 1 aromatic rings. The normalized spacial score (nSPS) is 24.1. The molecule has 2 atom stereocenters. The highest BCUT2D eigenvalue weighted by atomic mass is 32.2. The molecule has 0 radical (unpaired) electrons. The van der Waals surface area contributed by atoms with Gasteiger partial charge < -0.3 is 10.5 Å². The predicted octanol–water partition coefficient (Wildman–Crippen LogP) is 1.03. The summed E-state index contributed by atoms with van der Waals surface area (Å²) in [7, 11) is -3.24. The van der Waals surface area contributed by atoms with E-state index in [0.717, 1.165) is 18.7 Å². The zero-order valence-corrected chi connectivity index (χ0v) is 13.5. The first-order chi connectivity index (χ1) is 9.90. The molecule has 1 fully saturated rings. The molecular weight excluding hydrogens is 288 g/mol. The van der Waals surface area contributed by atoms with Crippen LogP contribution in [0.15, 0.2) is 29.2 Å². The van der Waals surface area contributed by atoms with Crippen molar-refractivity contribution in [3.05, 3.63) is 29.8 Å². The number of nitrogens with zero attached hydrogens (tertiary/aromatic N) is 1. The quantitative estimate of drug-likeness (QED) is 0.879. The lowest BCUT2D eigenvalue weighted by Gasteiger charge is -2.35. The molecule has 6 heteroatoms. The number of nitrogens with two attached hydrogens (primary N) is 1. The summed E-state index contributed by atoms with van der Waals surface area (Å²) in [5.74, 6) is 0.133. The van der Waals surface area contributed by atoms with Gasteiger partial charge in [0.15, 0.2) is 9.84 Å². The van der Waals surface area contributed by atoms with E-state index in [-0.39, 0.29) is 18.0 Å². The average molecular weight is 312 g/mol. The third-order valence-electron chi connectivity index (χ3n) is 3.69. The molecule has 0 unspecified atom stereocenters. The summed E-state index contributed by atoms with van der Waals surface area (Å²) >= 11 is 0. The molecule has 0 bridgehead atoms. The van der Waals surface area contributed by atoms with Gasteiger partial charge in [0.2, 0.25) is 0 Å². The van der Waals surface area contributed by atoms with Crippen LogP contribution in [0.1, 0.15) is 19.4 Å². The second-order valence-corrected chi connectivity index (χ2v) is 7.79. The number of rotatable bonds is 5. The Bertz CT molecular complexity index is 547.